The first-order valence-corrected chi connectivity index (χ1v) is 7.06. The van der Waals surface area contributed by atoms with Crippen molar-refractivity contribution in [2.75, 3.05) is 19.6 Å². The molecule has 0 radical (unpaired) electrons. The number of carbonyl (C=O) groups excluding carboxylic acids is 2. The van der Waals surface area contributed by atoms with Crippen molar-refractivity contribution in [1.82, 2.24) is 25.4 Å². The number of H-pyrrole nitrogens is 1. The van der Waals surface area contributed by atoms with Gasteiger partial charge in [0.2, 0.25) is 11.7 Å². The Kier molecular flexibility index (Phi) is 4.70. The van der Waals surface area contributed by atoms with Crippen molar-refractivity contribution in [3.05, 3.63) is 11.6 Å². The zero-order chi connectivity index (χ0) is 14.5. The number of hydrogen-bond acceptors (Lipinski definition) is 4. The van der Waals surface area contributed by atoms with Crippen molar-refractivity contribution in [1.29, 1.82) is 0 Å². The fourth-order valence-corrected chi connectivity index (χ4v) is 2.12. The molecule has 0 bridgehead atoms. The Hall–Kier alpha value is -1.92. The topological polar surface area (TPSA) is 91.0 Å². The molecule has 0 saturated carbocycles. The molecule has 1 aliphatic heterocycles. The Morgan fingerprint density at radius 3 is 2.60 bits per heavy atom. The van der Waals surface area contributed by atoms with E-state index in [4.69, 9.17) is 0 Å². The number of aromatic nitrogens is 3. The molecule has 0 unspecified atom stereocenters. The van der Waals surface area contributed by atoms with E-state index in [0.717, 1.165) is 25.9 Å². The summed E-state index contributed by atoms with van der Waals surface area (Å²) in [5, 5.41) is 9.15. The molecule has 1 fully saturated rings. The van der Waals surface area contributed by atoms with Crippen molar-refractivity contribution in [2.45, 2.75) is 39.0 Å². The summed E-state index contributed by atoms with van der Waals surface area (Å²) in [4.78, 5) is 29.6. The number of aromatic amines is 1. The minimum atomic E-state index is -0.418. The molecule has 0 spiro atoms. The van der Waals surface area contributed by atoms with E-state index < -0.39 is 5.91 Å². The van der Waals surface area contributed by atoms with Crippen LogP contribution >= 0.6 is 0 Å². The summed E-state index contributed by atoms with van der Waals surface area (Å²) in [6, 6.07) is 0. The maximum atomic E-state index is 11.9. The molecule has 7 heteroatoms. The zero-order valence-electron chi connectivity index (χ0n) is 12.0. The Morgan fingerprint density at radius 2 is 2.00 bits per heavy atom. The summed E-state index contributed by atoms with van der Waals surface area (Å²) in [6.45, 7) is 5.49. The lowest BCUT2D eigenvalue weighted by molar-refractivity contribution is -0.130. The zero-order valence-corrected chi connectivity index (χ0v) is 12.0. The second-order valence-corrected chi connectivity index (χ2v) is 5.32. The Morgan fingerprint density at radius 1 is 1.30 bits per heavy atom. The third-order valence-corrected chi connectivity index (χ3v) is 3.36. The monoisotopic (exact) mass is 279 g/mol. The number of hydrogen-bond donors (Lipinski definition) is 2. The predicted octanol–water partition coefficient (Wildman–Crippen LogP) is 0.670. The standard InChI is InChI=1S/C13H21N5O2/c1-9(2)11-15-12(17-16-11)13(20)14-8-10(19)18-6-4-3-5-7-18/h9H,3-8H2,1-2H3,(H,14,20)(H,15,16,17). The van der Waals surface area contributed by atoms with Gasteiger partial charge in [0.05, 0.1) is 6.54 Å². The first-order valence-electron chi connectivity index (χ1n) is 7.06. The summed E-state index contributed by atoms with van der Waals surface area (Å²) in [5.41, 5.74) is 0. The van der Waals surface area contributed by atoms with Crippen molar-refractivity contribution < 1.29 is 9.59 Å². The maximum Gasteiger partial charge on any atom is 0.291 e. The van der Waals surface area contributed by atoms with Gasteiger partial charge in [-0.05, 0) is 19.3 Å². The van der Waals surface area contributed by atoms with Gasteiger partial charge < -0.3 is 10.2 Å². The smallest absolute Gasteiger partial charge is 0.291 e. The second kappa shape index (κ2) is 6.49. The van der Waals surface area contributed by atoms with Gasteiger partial charge >= 0.3 is 0 Å². The first-order chi connectivity index (χ1) is 9.58. The van der Waals surface area contributed by atoms with Gasteiger partial charge in [-0.1, -0.05) is 13.8 Å². The molecule has 2 heterocycles. The van der Waals surface area contributed by atoms with Crippen molar-refractivity contribution in [3.63, 3.8) is 0 Å². The van der Waals surface area contributed by atoms with Crippen LogP contribution in [0.5, 0.6) is 0 Å². The highest BCUT2D eigenvalue weighted by Gasteiger charge is 2.19. The molecule has 1 saturated heterocycles. The Bertz CT molecular complexity index is 477. The van der Waals surface area contributed by atoms with Gasteiger partial charge in [-0.2, -0.15) is 0 Å². The molecule has 2 amide bonds. The van der Waals surface area contributed by atoms with Crippen LogP contribution in [0.25, 0.3) is 0 Å². The minimum absolute atomic E-state index is 0.00435. The normalized spacial score (nSPS) is 15.4. The highest BCUT2D eigenvalue weighted by atomic mass is 16.2. The van der Waals surface area contributed by atoms with Crippen molar-refractivity contribution in [2.24, 2.45) is 0 Å². The summed E-state index contributed by atoms with van der Waals surface area (Å²) in [7, 11) is 0. The van der Waals surface area contributed by atoms with E-state index in [-0.39, 0.29) is 24.2 Å². The van der Waals surface area contributed by atoms with Crippen molar-refractivity contribution >= 4 is 11.8 Å². The number of carbonyl (C=O) groups is 2. The molecule has 2 rings (SSSR count). The number of nitrogens with zero attached hydrogens (tertiary/aromatic N) is 3. The number of nitrogens with one attached hydrogen (secondary N) is 2. The average Bonchev–Trinajstić information content (AvgIpc) is 2.95. The van der Waals surface area contributed by atoms with Crippen LogP contribution in [0.15, 0.2) is 0 Å². The highest BCUT2D eigenvalue weighted by Crippen LogP contribution is 2.09. The minimum Gasteiger partial charge on any atom is -0.341 e. The fourth-order valence-electron chi connectivity index (χ4n) is 2.12. The van der Waals surface area contributed by atoms with Crippen LogP contribution < -0.4 is 5.32 Å². The third-order valence-electron chi connectivity index (χ3n) is 3.36. The van der Waals surface area contributed by atoms with Crippen LogP contribution in [0.4, 0.5) is 0 Å². The van der Waals surface area contributed by atoms with Crippen LogP contribution in [-0.4, -0.2) is 51.5 Å². The third kappa shape index (κ3) is 3.55. The van der Waals surface area contributed by atoms with E-state index in [9.17, 15) is 9.59 Å². The molecule has 0 aliphatic carbocycles. The molecule has 0 aromatic carbocycles. The molecule has 1 aromatic rings. The fraction of sp³-hybridized carbons (Fsp3) is 0.692. The lowest BCUT2D eigenvalue weighted by Gasteiger charge is -2.26. The number of rotatable bonds is 4. The average molecular weight is 279 g/mol. The van der Waals surface area contributed by atoms with Crippen LogP contribution in [0.1, 0.15) is 55.5 Å². The second-order valence-electron chi connectivity index (χ2n) is 5.32. The van der Waals surface area contributed by atoms with Crippen LogP contribution in [-0.2, 0) is 4.79 Å². The van der Waals surface area contributed by atoms with Crippen LogP contribution in [0.2, 0.25) is 0 Å². The molecule has 1 aromatic heterocycles. The van der Waals surface area contributed by atoms with E-state index in [2.05, 4.69) is 20.5 Å². The SMILES string of the molecule is CC(C)c1nc(C(=O)NCC(=O)N2CCCCC2)n[nH]1. The summed E-state index contributed by atoms with van der Waals surface area (Å²) in [6.07, 6.45) is 3.25. The summed E-state index contributed by atoms with van der Waals surface area (Å²) < 4.78 is 0. The number of likely N-dealkylation sites (tertiary alicyclic amines) is 1. The van der Waals surface area contributed by atoms with Gasteiger partial charge in [-0.3, -0.25) is 14.7 Å². The van der Waals surface area contributed by atoms with Crippen LogP contribution in [0, 0.1) is 0 Å². The van der Waals surface area contributed by atoms with E-state index in [1.54, 1.807) is 4.90 Å². The van der Waals surface area contributed by atoms with E-state index in [0.29, 0.717) is 5.82 Å². The molecular formula is C13H21N5O2. The Balaban J connectivity index is 1.83. The summed E-state index contributed by atoms with van der Waals surface area (Å²) in [5.74, 6) is 0.466. The summed E-state index contributed by atoms with van der Waals surface area (Å²) >= 11 is 0. The number of amides is 2. The van der Waals surface area contributed by atoms with E-state index in [1.807, 2.05) is 13.8 Å². The first kappa shape index (κ1) is 14.5. The molecule has 20 heavy (non-hydrogen) atoms. The lowest BCUT2D eigenvalue weighted by Crippen LogP contribution is -2.42. The van der Waals surface area contributed by atoms with Crippen molar-refractivity contribution in [3.8, 4) is 0 Å². The van der Waals surface area contributed by atoms with Gasteiger partial charge in [0.1, 0.15) is 5.82 Å². The van der Waals surface area contributed by atoms with Gasteiger partial charge in [-0.15, -0.1) is 5.10 Å². The maximum absolute atomic E-state index is 11.9. The van der Waals surface area contributed by atoms with Gasteiger partial charge in [0.25, 0.3) is 5.91 Å². The predicted molar refractivity (Wildman–Crippen MR) is 73.2 cm³/mol. The van der Waals surface area contributed by atoms with Gasteiger partial charge in [0.15, 0.2) is 0 Å². The van der Waals surface area contributed by atoms with Crippen LogP contribution in [0.3, 0.4) is 0 Å². The molecule has 0 atom stereocenters. The Labute approximate surface area is 118 Å². The molecule has 1 aliphatic rings. The van der Waals surface area contributed by atoms with Gasteiger partial charge in [0, 0.05) is 19.0 Å². The molecule has 110 valence electrons. The number of piperidine rings is 1. The molecule has 2 N–H and O–H groups in total. The largest absolute Gasteiger partial charge is 0.341 e. The highest BCUT2D eigenvalue weighted by molar-refractivity contribution is 5.93. The lowest BCUT2D eigenvalue weighted by atomic mass is 10.1. The van der Waals surface area contributed by atoms with E-state index in [1.165, 1.54) is 6.42 Å². The quantitative estimate of drug-likeness (QED) is 0.847. The van der Waals surface area contributed by atoms with Gasteiger partial charge in [-0.25, -0.2) is 4.98 Å². The molecule has 7 nitrogen and oxygen atoms in total. The van der Waals surface area contributed by atoms with E-state index >= 15 is 0 Å². The molecular weight excluding hydrogens is 258 g/mol.